The lowest BCUT2D eigenvalue weighted by molar-refractivity contribution is -0.384. The SMILES string of the molecule is CC1c2cccn2CCN1C(=O)C=Cc1cccc([N+](=O)[O-])c1. The van der Waals surface area contributed by atoms with Crippen molar-refractivity contribution in [3.8, 4) is 0 Å². The number of carbonyl (C=O) groups is 1. The van der Waals surface area contributed by atoms with Crippen LogP contribution in [0.15, 0.2) is 48.7 Å². The number of hydrogen-bond acceptors (Lipinski definition) is 3. The fraction of sp³-hybridized carbons (Fsp3) is 0.235. The number of non-ortho nitro benzene ring substituents is 1. The van der Waals surface area contributed by atoms with E-state index in [0.29, 0.717) is 12.1 Å². The van der Waals surface area contributed by atoms with Crippen LogP contribution >= 0.6 is 0 Å². The van der Waals surface area contributed by atoms with Crippen LogP contribution in [0.4, 0.5) is 5.69 Å². The molecule has 1 aliphatic rings. The van der Waals surface area contributed by atoms with Gasteiger partial charge in [-0.1, -0.05) is 12.1 Å². The van der Waals surface area contributed by atoms with E-state index in [4.69, 9.17) is 0 Å². The highest BCUT2D eigenvalue weighted by Gasteiger charge is 2.25. The minimum absolute atomic E-state index is 0.0148. The van der Waals surface area contributed by atoms with Gasteiger partial charge in [-0.25, -0.2) is 0 Å². The molecule has 0 spiro atoms. The molecule has 1 aromatic heterocycles. The van der Waals surface area contributed by atoms with Crippen LogP contribution in [-0.2, 0) is 11.3 Å². The van der Waals surface area contributed by atoms with Crippen molar-refractivity contribution in [2.45, 2.75) is 19.5 Å². The molecule has 118 valence electrons. The first-order chi connectivity index (χ1) is 11.1. The summed E-state index contributed by atoms with van der Waals surface area (Å²) in [5.41, 5.74) is 1.78. The van der Waals surface area contributed by atoms with E-state index >= 15 is 0 Å². The zero-order chi connectivity index (χ0) is 16.4. The van der Waals surface area contributed by atoms with Crippen molar-refractivity contribution < 1.29 is 9.72 Å². The smallest absolute Gasteiger partial charge is 0.270 e. The Morgan fingerprint density at radius 3 is 2.91 bits per heavy atom. The van der Waals surface area contributed by atoms with Crippen LogP contribution in [-0.4, -0.2) is 26.8 Å². The second-order valence-corrected chi connectivity index (χ2v) is 5.52. The fourth-order valence-electron chi connectivity index (χ4n) is 2.89. The Kier molecular flexibility index (Phi) is 3.97. The number of nitrogens with zero attached hydrogens (tertiary/aromatic N) is 3. The summed E-state index contributed by atoms with van der Waals surface area (Å²) >= 11 is 0. The second-order valence-electron chi connectivity index (χ2n) is 5.52. The van der Waals surface area contributed by atoms with E-state index in [2.05, 4.69) is 4.57 Å². The zero-order valence-electron chi connectivity index (χ0n) is 12.8. The number of carbonyl (C=O) groups excluding carboxylic acids is 1. The molecule has 1 unspecified atom stereocenters. The van der Waals surface area contributed by atoms with Gasteiger partial charge in [0.1, 0.15) is 0 Å². The maximum Gasteiger partial charge on any atom is 0.270 e. The standard InChI is InChI=1S/C17H17N3O3/c1-13-16-6-3-9-18(16)10-11-19(13)17(21)8-7-14-4-2-5-15(12-14)20(22)23/h2-9,12-13H,10-11H2,1H3. The number of nitro benzene ring substituents is 1. The van der Waals surface area contributed by atoms with Gasteiger partial charge in [0.25, 0.3) is 5.69 Å². The highest BCUT2D eigenvalue weighted by Crippen LogP contribution is 2.25. The molecule has 2 aromatic rings. The summed E-state index contributed by atoms with van der Waals surface area (Å²) in [7, 11) is 0. The zero-order valence-corrected chi connectivity index (χ0v) is 12.8. The van der Waals surface area contributed by atoms with Crippen molar-refractivity contribution >= 4 is 17.7 Å². The lowest BCUT2D eigenvalue weighted by Crippen LogP contribution is -2.39. The molecule has 1 aliphatic heterocycles. The van der Waals surface area contributed by atoms with Crippen molar-refractivity contribution in [3.63, 3.8) is 0 Å². The molecular formula is C17H17N3O3. The van der Waals surface area contributed by atoms with Crippen molar-refractivity contribution in [1.82, 2.24) is 9.47 Å². The molecule has 0 saturated carbocycles. The topological polar surface area (TPSA) is 68.4 Å². The van der Waals surface area contributed by atoms with E-state index in [-0.39, 0.29) is 17.6 Å². The van der Waals surface area contributed by atoms with E-state index in [9.17, 15) is 14.9 Å². The van der Waals surface area contributed by atoms with Gasteiger partial charge >= 0.3 is 0 Å². The molecule has 6 nitrogen and oxygen atoms in total. The van der Waals surface area contributed by atoms with Crippen LogP contribution in [0.25, 0.3) is 6.08 Å². The fourth-order valence-corrected chi connectivity index (χ4v) is 2.89. The van der Waals surface area contributed by atoms with Crippen molar-refractivity contribution in [3.05, 3.63) is 70.0 Å². The van der Waals surface area contributed by atoms with Gasteiger partial charge in [-0.15, -0.1) is 0 Å². The van der Waals surface area contributed by atoms with Gasteiger partial charge in [0.2, 0.25) is 5.91 Å². The molecule has 6 heteroatoms. The summed E-state index contributed by atoms with van der Waals surface area (Å²) in [6.07, 6.45) is 5.12. The minimum Gasteiger partial charge on any atom is -0.348 e. The van der Waals surface area contributed by atoms with Gasteiger partial charge in [-0.05, 0) is 30.7 Å². The molecule has 3 rings (SSSR count). The lowest BCUT2D eigenvalue weighted by Gasteiger charge is -2.34. The van der Waals surface area contributed by atoms with Gasteiger partial charge < -0.3 is 9.47 Å². The third kappa shape index (κ3) is 3.01. The molecule has 0 fully saturated rings. The molecular weight excluding hydrogens is 294 g/mol. The monoisotopic (exact) mass is 311 g/mol. The van der Waals surface area contributed by atoms with Gasteiger partial charge in [0, 0.05) is 43.2 Å². The highest BCUT2D eigenvalue weighted by atomic mass is 16.6. The molecule has 0 aliphatic carbocycles. The third-order valence-corrected chi connectivity index (χ3v) is 4.12. The van der Waals surface area contributed by atoms with Gasteiger partial charge in [0.05, 0.1) is 11.0 Å². The first kappa shape index (κ1) is 15.0. The molecule has 1 amide bonds. The Hall–Kier alpha value is -2.89. The van der Waals surface area contributed by atoms with E-state index in [0.717, 1.165) is 12.2 Å². The molecule has 23 heavy (non-hydrogen) atoms. The Morgan fingerprint density at radius 2 is 2.13 bits per heavy atom. The number of rotatable bonds is 3. The number of benzene rings is 1. The quantitative estimate of drug-likeness (QED) is 0.497. The van der Waals surface area contributed by atoms with Crippen LogP contribution in [0, 0.1) is 10.1 Å². The summed E-state index contributed by atoms with van der Waals surface area (Å²) in [5.74, 6) is -0.0866. The number of hydrogen-bond donors (Lipinski definition) is 0. The summed E-state index contributed by atoms with van der Waals surface area (Å²) in [6, 6.07) is 10.3. The maximum absolute atomic E-state index is 12.4. The van der Waals surface area contributed by atoms with E-state index in [1.165, 1.54) is 18.2 Å². The largest absolute Gasteiger partial charge is 0.348 e. The predicted octanol–water partition coefficient (Wildman–Crippen LogP) is 3.01. The van der Waals surface area contributed by atoms with E-state index in [1.54, 1.807) is 18.2 Å². The average molecular weight is 311 g/mol. The van der Waals surface area contributed by atoms with Crippen LogP contribution in [0.5, 0.6) is 0 Å². The normalized spacial score (nSPS) is 17.3. The van der Waals surface area contributed by atoms with Crippen molar-refractivity contribution in [2.24, 2.45) is 0 Å². The first-order valence-corrected chi connectivity index (χ1v) is 7.44. The molecule has 0 bridgehead atoms. The number of amides is 1. The lowest BCUT2D eigenvalue weighted by atomic mass is 10.1. The Morgan fingerprint density at radius 1 is 1.30 bits per heavy atom. The third-order valence-electron chi connectivity index (χ3n) is 4.12. The van der Waals surface area contributed by atoms with Crippen LogP contribution in [0.3, 0.4) is 0 Å². The maximum atomic E-state index is 12.4. The second kappa shape index (κ2) is 6.08. The number of nitro groups is 1. The summed E-state index contributed by atoms with van der Waals surface area (Å²) in [6.45, 7) is 3.44. The summed E-state index contributed by atoms with van der Waals surface area (Å²) < 4.78 is 2.15. The van der Waals surface area contributed by atoms with Gasteiger partial charge in [-0.3, -0.25) is 14.9 Å². The van der Waals surface area contributed by atoms with Crippen molar-refractivity contribution in [1.29, 1.82) is 0 Å². The molecule has 0 radical (unpaired) electrons. The van der Waals surface area contributed by atoms with E-state index in [1.807, 2.05) is 30.2 Å². The Labute approximate surface area is 133 Å². The number of fused-ring (bicyclic) bond motifs is 1. The molecule has 0 saturated heterocycles. The predicted molar refractivity (Wildman–Crippen MR) is 86.7 cm³/mol. The Bertz CT molecular complexity index is 779. The molecule has 1 atom stereocenters. The van der Waals surface area contributed by atoms with Crippen LogP contribution in [0.1, 0.15) is 24.2 Å². The van der Waals surface area contributed by atoms with Crippen LogP contribution in [0.2, 0.25) is 0 Å². The molecule has 0 N–H and O–H groups in total. The molecule has 1 aromatic carbocycles. The van der Waals surface area contributed by atoms with Gasteiger partial charge in [0.15, 0.2) is 0 Å². The highest BCUT2D eigenvalue weighted by molar-refractivity contribution is 5.92. The van der Waals surface area contributed by atoms with E-state index < -0.39 is 4.92 Å². The minimum atomic E-state index is -0.444. The summed E-state index contributed by atoms with van der Waals surface area (Å²) in [4.78, 5) is 24.6. The Balaban J connectivity index is 1.75. The first-order valence-electron chi connectivity index (χ1n) is 7.44. The van der Waals surface area contributed by atoms with Crippen molar-refractivity contribution in [2.75, 3.05) is 6.54 Å². The summed E-state index contributed by atoms with van der Waals surface area (Å²) in [5, 5.41) is 10.8. The average Bonchev–Trinajstić information content (AvgIpc) is 3.03. The molecule has 2 heterocycles. The van der Waals surface area contributed by atoms with Crippen LogP contribution < -0.4 is 0 Å². The van der Waals surface area contributed by atoms with Gasteiger partial charge in [-0.2, -0.15) is 0 Å². The number of aromatic nitrogens is 1.